The van der Waals surface area contributed by atoms with Crippen molar-refractivity contribution in [3.05, 3.63) is 28.2 Å². The molecular formula is C8H8BrClF3NO. The normalized spacial score (nSPS) is 13.1. The average molecular weight is 307 g/mol. The molecule has 0 radical (unpaired) electrons. The first-order chi connectivity index (χ1) is 6.32. The van der Waals surface area contributed by atoms with Crippen molar-refractivity contribution >= 4 is 28.3 Å². The quantitative estimate of drug-likeness (QED) is 0.837. The second kappa shape index (κ2) is 5.05. The van der Waals surface area contributed by atoms with Gasteiger partial charge < -0.3 is 10.8 Å². The molecule has 0 bridgehead atoms. The number of aromatic hydroxyl groups is 1. The van der Waals surface area contributed by atoms with Gasteiger partial charge in [-0.1, -0.05) is 22.0 Å². The van der Waals surface area contributed by atoms with E-state index < -0.39 is 18.0 Å². The monoisotopic (exact) mass is 305 g/mol. The van der Waals surface area contributed by atoms with E-state index in [-0.39, 0.29) is 18.0 Å². The molecule has 0 spiro atoms. The van der Waals surface area contributed by atoms with Crippen molar-refractivity contribution in [2.45, 2.75) is 12.2 Å². The Hall–Kier alpha value is -0.460. The summed E-state index contributed by atoms with van der Waals surface area (Å²) in [7, 11) is 0. The molecule has 0 aliphatic rings. The molecule has 1 rings (SSSR count). The number of alkyl halides is 3. The van der Waals surface area contributed by atoms with Crippen LogP contribution in [0, 0.1) is 0 Å². The predicted octanol–water partition coefficient (Wildman–Crippen LogP) is 3.14. The average Bonchev–Trinajstić information content (AvgIpc) is 2.01. The number of hydrogen-bond donors (Lipinski definition) is 2. The van der Waals surface area contributed by atoms with Crippen molar-refractivity contribution in [1.29, 1.82) is 0 Å². The highest BCUT2D eigenvalue weighted by atomic mass is 79.9. The topological polar surface area (TPSA) is 46.2 Å². The Morgan fingerprint density at radius 1 is 1.33 bits per heavy atom. The van der Waals surface area contributed by atoms with Gasteiger partial charge >= 0.3 is 6.18 Å². The number of benzene rings is 1. The van der Waals surface area contributed by atoms with Crippen LogP contribution in [-0.2, 0) is 0 Å². The van der Waals surface area contributed by atoms with Gasteiger partial charge in [0.15, 0.2) is 0 Å². The molecule has 15 heavy (non-hydrogen) atoms. The fraction of sp³-hybridized carbons (Fsp3) is 0.250. The fourth-order valence-corrected chi connectivity index (χ4v) is 1.31. The van der Waals surface area contributed by atoms with Crippen LogP contribution in [0.15, 0.2) is 22.7 Å². The maximum absolute atomic E-state index is 12.2. The zero-order chi connectivity index (χ0) is 10.9. The van der Waals surface area contributed by atoms with Crippen LogP contribution in [0.25, 0.3) is 0 Å². The van der Waals surface area contributed by atoms with Gasteiger partial charge in [0, 0.05) is 10.0 Å². The summed E-state index contributed by atoms with van der Waals surface area (Å²) in [5.74, 6) is -0.468. The number of rotatable bonds is 1. The summed E-state index contributed by atoms with van der Waals surface area (Å²) < 4.78 is 37.0. The van der Waals surface area contributed by atoms with Gasteiger partial charge in [0.25, 0.3) is 0 Å². The molecule has 7 heteroatoms. The van der Waals surface area contributed by atoms with E-state index >= 15 is 0 Å². The van der Waals surface area contributed by atoms with E-state index in [4.69, 9.17) is 5.73 Å². The van der Waals surface area contributed by atoms with Crippen molar-refractivity contribution in [1.82, 2.24) is 0 Å². The van der Waals surface area contributed by atoms with Gasteiger partial charge in [0.1, 0.15) is 11.8 Å². The van der Waals surface area contributed by atoms with Crippen LogP contribution < -0.4 is 5.73 Å². The smallest absolute Gasteiger partial charge is 0.407 e. The summed E-state index contributed by atoms with van der Waals surface area (Å²) in [5.41, 5.74) is 4.59. The minimum Gasteiger partial charge on any atom is -0.508 e. The van der Waals surface area contributed by atoms with Gasteiger partial charge in [-0.05, 0) is 12.1 Å². The van der Waals surface area contributed by atoms with E-state index in [1.54, 1.807) is 0 Å². The summed E-state index contributed by atoms with van der Waals surface area (Å²) in [4.78, 5) is 0. The van der Waals surface area contributed by atoms with Crippen LogP contribution in [0.2, 0.25) is 0 Å². The molecule has 0 aromatic heterocycles. The van der Waals surface area contributed by atoms with Crippen molar-refractivity contribution in [3.63, 3.8) is 0 Å². The Morgan fingerprint density at radius 3 is 2.27 bits per heavy atom. The Morgan fingerprint density at radius 2 is 1.87 bits per heavy atom. The number of hydrogen-bond acceptors (Lipinski definition) is 2. The molecule has 1 atom stereocenters. The van der Waals surface area contributed by atoms with E-state index in [2.05, 4.69) is 15.9 Å². The summed E-state index contributed by atoms with van der Waals surface area (Å²) in [6.45, 7) is 0. The lowest BCUT2D eigenvalue weighted by Gasteiger charge is -2.16. The molecule has 0 saturated heterocycles. The van der Waals surface area contributed by atoms with E-state index in [1.807, 2.05) is 0 Å². The SMILES string of the molecule is Cl.N[C@@H](c1ccc(Br)cc1O)C(F)(F)F. The second-order valence-electron chi connectivity index (χ2n) is 2.72. The maximum atomic E-state index is 12.2. The van der Waals surface area contributed by atoms with Crippen molar-refractivity contribution in [3.8, 4) is 5.75 Å². The third kappa shape index (κ3) is 3.55. The Kier molecular flexibility index (Phi) is 4.89. The molecule has 1 aromatic rings. The minimum atomic E-state index is -4.55. The van der Waals surface area contributed by atoms with Crippen LogP contribution in [0.4, 0.5) is 13.2 Å². The predicted molar refractivity (Wildman–Crippen MR) is 56.0 cm³/mol. The Balaban J connectivity index is 0.00000196. The maximum Gasteiger partial charge on any atom is 0.407 e. The lowest BCUT2D eigenvalue weighted by molar-refractivity contribution is -0.149. The summed E-state index contributed by atoms with van der Waals surface area (Å²) in [6.07, 6.45) is -4.55. The molecule has 3 N–H and O–H groups in total. The molecule has 1 aromatic carbocycles. The summed E-state index contributed by atoms with van der Waals surface area (Å²) >= 11 is 3.01. The molecule has 0 amide bonds. The zero-order valence-electron chi connectivity index (χ0n) is 7.25. The molecule has 0 saturated carbocycles. The van der Waals surface area contributed by atoms with Crippen LogP contribution in [-0.4, -0.2) is 11.3 Å². The summed E-state index contributed by atoms with van der Waals surface area (Å²) in [6, 6.07) is 1.54. The van der Waals surface area contributed by atoms with E-state index in [9.17, 15) is 18.3 Å². The van der Waals surface area contributed by atoms with Crippen LogP contribution in [0.3, 0.4) is 0 Å². The van der Waals surface area contributed by atoms with Crippen LogP contribution in [0.1, 0.15) is 11.6 Å². The molecule has 0 heterocycles. The second-order valence-corrected chi connectivity index (χ2v) is 3.64. The lowest BCUT2D eigenvalue weighted by atomic mass is 10.1. The van der Waals surface area contributed by atoms with Crippen LogP contribution in [0.5, 0.6) is 5.75 Å². The third-order valence-electron chi connectivity index (χ3n) is 1.68. The molecule has 2 nitrogen and oxygen atoms in total. The van der Waals surface area contributed by atoms with Gasteiger partial charge in [-0.25, -0.2) is 0 Å². The molecule has 0 aliphatic carbocycles. The third-order valence-corrected chi connectivity index (χ3v) is 2.17. The first-order valence-corrected chi connectivity index (χ1v) is 4.42. The standard InChI is InChI=1S/C8H7BrF3NO.ClH/c9-4-1-2-5(6(14)3-4)7(13)8(10,11)12;/h1-3,7,14H,13H2;1H/t7-;/m0./s1. The first-order valence-electron chi connectivity index (χ1n) is 3.63. The van der Waals surface area contributed by atoms with Crippen molar-refractivity contribution < 1.29 is 18.3 Å². The van der Waals surface area contributed by atoms with E-state index in [0.717, 1.165) is 6.07 Å². The van der Waals surface area contributed by atoms with Gasteiger partial charge in [0.2, 0.25) is 0 Å². The van der Waals surface area contributed by atoms with Gasteiger partial charge in [-0.15, -0.1) is 12.4 Å². The number of phenols is 1. The fourth-order valence-electron chi connectivity index (χ4n) is 0.956. The Bertz CT molecular complexity index is 345. The highest BCUT2D eigenvalue weighted by Gasteiger charge is 2.39. The van der Waals surface area contributed by atoms with Crippen molar-refractivity contribution in [2.75, 3.05) is 0 Å². The van der Waals surface area contributed by atoms with E-state index in [1.165, 1.54) is 12.1 Å². The first kappa shape index (κ1) is 14.5. The highest BCUT2D eigenvalue weighted by molar-refractivity contribution is 9.10. The van der Waals surface area contributed by atoms with Gasteiger partial charge in [-0.2, -0.15) is 13.2 Å². The van der Waals surface area contributed by atoms with E-state index in [0.29, 0.717) is 4.47 Å². The molecule has 0 fully saturated rings. The lowest BCUT2D eigenvalue weighted by Crippen LogP contribution is -2.28. The largest absolute Gasteiger partial charge is 0.508 e. The molecule has 86 valence electrons. The van der Waals surface area contributed by atoms with Crippen molar-refractivity contribution in [2.24, 2.45) is 5.73 Å². The molecule has 0 unspecified atom stereocenters. The van der Waals surface area contributed by atoms with Gasteiger partial charge in [-0.3, -0.25) is 0 Å². The van der Waals surface area contributed by atoms with Crippen LogP contribution >= 0.6 is 28.3 Å². The molecular weight excluding hydrogens is 298 g/mol. The highest BCUT2D eigenvalue weighted by Crippen LogP contribution is 2.35. The number of phenolic OH excluding ortho intramolecular Hbond substituents is 1. The van der Waals surface area contributed by atoms with Gasteiger partial charge in [0.05, 0.1) is 0 Å². The summed E-state index contributed by atoms with van der Waals surface area (Å²) in [5, 5.41) is 9.22. The molecule has 0 aliphatic heterocycles. The number of nitrogens with two attached hydrogens (primary N) is 1. The minimum absolute atomic E-state index is 0. The Labute approximate surface area is 98.8 Å². The zero-order valence-corrected chi connectivity index (χ0v) is 9.66. The number of halogens is 5.